The molecule has 1 atom stereocenters. The molecule has 114 valence electrons. The molecule has 0 spiro atoms. The van der Waals surface area contributed by atoms with Crippen LogP contribution >= 0.6 is 0 Å². The molecule has 21 heavy (non-hydrogen) atoms. The predicted molar refractivity (Wildman–Crippen MR) is 85.1 cm³/mol. The minimum Gasteiger partial charge on any atom is -0.354 e. The molecule has 2 aliphatic rings. The minimum absolute atomic E-state index is 0.137. The van der Waals surface area contributed by atoms with E-state index in [4.69, 9.17) is 0 Å². The number of hydrogen-bond donors (Lipinski definition) is 2. The summed E-state index contributed by atoms with van der Waals surface area (Å²) in [5.41, 5.74) is 2.46. The number of rotatable bonds is 4. The number of amides is 1. The molecular formula is C18H26N2O. The van der Waals surface area contributed by atoms with Gasteiger partial charge in [0.05, 0.1) is 0 Å². The van der Waals surface area contributed by atoms with Crippen LogP contribution in [0.15, 0.2) is 24.3 Å². The molecule has 3 rings (SSSR count). The molecule has 1 aromatic carbocycles. The van der Waals surface area contributed by atoms with Crippen molar-refractivity contribution < 1.29 is 4.79 Å². The summed E-state index contributed by atoms with van der Waals surface area (Å²) in [4.78, 5) is 12.4. The molecule has 1 amide bonds. The quantitative estimate of drug-likeness (QED) is 0.893. The van der Waals surface area contributed by atoms with Gasteiger partial charge < -0.3 is 10.6 Å². The molecule has 1 fully saturated rings. The average molecular weight is 286 g/mol. The minimum atomic E-state index is -0.165. The molecule has 0 saturated heterocycles. The lowest BCUT2D eigenvalue weighted by atomic mass is 9.87. The predicted octanol–water partition coefficient (Wildman–Crippen LogP) is 2.96. The lowest BCUT2D eigenvalue weighted by Crippen LogP contribution is -2.41. The van der Waals surface area contributed by atoms with Gasteiger partial charge in [-0.05, 0) is 29.9 Å². The second kappa shape index (κ2) is 7.08. The molecular weight excluding hydrogens is 260 g/mol. The van der Waals surface area contributed by atoms with Crippen LogP contribution < -0.4 is 10.6 Å². The first-order chi connectivity index (χ1) is 10.3. The van der Waals surface area contributed by atoms with E-state index < -0.39 is 0 Å². The summed E-state index contributed by atoms with van der Waals surface area (Å²) in [6.07, 6.45) is 8.99. The van der Waals surface area contributed by atoms with E-state index in [-0.39, 0.29) is 11.9 Å². The average Bonchev–Trinajstić information content (AvgIpc) is 2.55. The van der Waals surface area contributed by atoms with Gasteiger partial charge >= 0.3 is 0 Å². The zero-order chi connectivity index (χ0) is 14.5. The smallest absolute Gasteiger partial charge is 0.241 e. The maximum Gasteiger partial charge on any atom is 0.241 e. The van der Waals surface area contributed by atoms with Crippen molar-refractivity contribution in [1.29, 1.82) is 0 Å². The van der Waals surface area contributed by atoms with Crippen LogP contribution in [0.3, 0.4) is 0 Å². The van der Waals surface area contributed by atoms with E-state index in [2.05, 4.69) is 28.8 Å². The van der Waals surface area contributed by atoms with Gasteiger partial charge in [-0.1, -0.05) is 56.4 Å². The Morgan fingerprint density at radius 2 is 2.00 bits per heavy atom. The summed E-state index contributed by atoms with van der Waals surface area (Å²) < 4.78 is 0. The zero-order valence-electron chi connectivity index (χ0n) is 12.7. The monoisotopic (exact) mass is 286 g/mol. The van der Waals surface area contributed by atoms with Crippen molar-refractivity contribution >= 4 is 5.91 Å². The molecule has 1 saturated carbocycles. The van der Waals surface area contributed by atoms with Gasteiger partial charge in [0.1, 0.15) is 6.04 Å². The topological polar surface area (TPSA) is 41.1 Å². The second-order valence-corrected chi connectivity index (χ2v) is 6.42. The van der Waals surface area contributed by atoms with Gasteiger partial charge in [-0.2, -0.15) is 0 Å². The van der Waals surface area contributed by atoms with Gasteiger partial charge in [0.25, 0.3) is 0 Å². The lowest BCUT2D eigenvalue weighted by molar-refractivity contribution is -0.123. The number of carbonyl (C=O) groups is 1. The molecule has 1 heterocycles. The molecule has 0 aromatic heterocycles. The summed E-state index contributed by atoms with van der Waals surface area (Å²) in [5.74, 6) is 0.962. The number of fused-ring (bicyclic) bond motifs is 1. The van der Waals surface area contributed by atoms with E-state index in [1.807, 2.05) is 6.07 Å². The van der Waals surface area contributed by atoms with Crippen molar-refractivity contribution in [1.82, 2.24) is 10.6 Å². The Balaban J connectivity index is 1.51. The Hall–Kier alpha value is -1.35. The van der Waals surface area contributed by atoms with Gasteiger partial charge in [0.2, 0.25) is 5.91 Å². The van der Waals surface area contributed by atoms with Crippen LogP contribution in [-0.4, -0.2) is 19.0 Å². The van der Waals surface area contributed by atoms with Crippen molar-refractivity contribution in [2.24, 2.45) is 5.92 Å². The fourth-order valence-corrected chi connectivity index (χ4v) is 3.72. The Labute approximate surface area is 127 Å². The number of carbonyl (C=O) groups excluding carboxylic acids is 1. The van der Waals surface area contributed by atoms with E-state index in [0.29, 0.717) is 0 Å². The molecule has 3 heteroatoms. The van der Waals surface area contributed by atoms with E-state index >= 15 is 0 Å². The van der Waals surface area contributed by atoms with Gasteiger partial charge in [0, 0.05) is 13.1 Å². The molecule has 2 N–H and O–H groups in total. The van der Waals surface area contributed by atoms with Crippen molar-refractivity contribution in [3.8, 4) is 0 Å². The van der Waals surface area contributed by atoms with E-state index in [0.717, 1.165) is 37.4 Å². The molecule has 3 nitrogen and oxygen atoms in total. The lowest BCUT2D eigenvalue weighted by Gasteiger charge is -2.26. The van der Waals surface area contributed by atoms with Crippen LogP contribution in [0.2, 0.25) is 0 Å². The Morgan fingerprint density at radius 3 is 2.86 bits per heavy atom. The van der Waals surface area contributed by atoms with Crippen molar-refractivity contribution in [2.75, 3.05) is 13.1 Å². The molecule has 1 aromatic rings. The Kier molecular flexibility index (Phi) is 4.91. The van der Waals surface area contributed by atoms with Gasteiger partial charge in [-0.3, -0.25) is 4.79 Å². The number of nitrogens with one attached hydrogen (secondary N) is 2. The van der Waals surface area contributed by atoms with Crippen LogP contribution in [0.4, 0.5) is 0 Å². The standard InChI is InChI=1S/C18H26N2O/c21-18(20-12-10-14-6-2-1-3-7-14)17-16-9-5-4-8-15(16)11-13-19-17/h4-5,8-9,14,17,19H,1-3,6-7,10-13H2,(H,20,21). The van der Waals surface area contributed by atoms with E-state index in [1.165, 1.54) is 37.7 Å². The van der Waals surface area contributed by atoms with Crippen molar-refractivity contribution in [3.05, 3.63) is 35.4 Å². The highest BCUT2D eigenvalue weighted by atomic mass is 16.2. The van der Waals surface area contributed by atoms with E-state index in [9.17, 15) is 4.79 Å². The normalized spacial score (nSPS) is 22.6. The van der Waals surface area contributed by atoms with Gasteiger partial charge in [0.15, 0.2) is 0 Å². The third kappa shape index (κ3) is 3.65. The largest absolute Gasteiger partial charge is 0.354 e. The first kappa shape index (κ1) is 14.6. The second-order valence-electron chi connectivity index (χ2n) is 6.42. The van der Waals surface area contributed by atoms with Crippen LogP contribution in [0, 0.1) is 5.92 Å². The Bertz CT molecular complexity index is 480. The zero-order valence-corrected chi connectivity index (χ0v) is 12.7. The third-order valence-corrected chi connectivity index (χ3v) is 4.95. The maximum atomic E-state index is 12.4. The van der Waals surface area contributed by atoms with Gasteiger partial charge in [-0.25, -0.2) is 0 Å². The summed E-state index contributed by atoms with van der Waals surface area (Å²) in [7, 11) is 0. The van der Waals surface area contributed by atoms with E-state index in [1.54, 1.807) is 0 Å². The third-order valence-electron chi connectivity index (χ3n) is 4.95. The van der Waals surface area contributed by atoms with Crippen LogP contribution in [0.5, 0.6) is 0 Å². The molecule has 1 unspecified atom stereocenters. The summed E-state index contributed by atoms with van der Waals surface area (Å²) in [6, 6.07) is 8.13. The first-order valence-electron chi connectivity index (χ1n) is 8.43. The molecule has 1 aliphatic heterocycles. The van der Waals surface area contributed by atoms with Gasteiger partial charge in [-0.15, -0.1) is 0 Å². The molecule has 0 radical (unpaired) electrons. The van der Waals surface area contributed by atoms with Crippen LogP contribution in [0.25, 0.3) is 0 Å². The van der Waals surface area contributed by atoms with Crippen molar-refractivity contribution in [2.45, 2.75) is 51.0 Å². The summed E-state index contributed by atoms with van der Waals surface area (Å²) in [5, 5.41) is 6.49. The summed E-state index contributed by atoms with van der Waals surface area (Å²) >= 11 is 0. The highest BCUT2D eigenvalue weighted by molar-refractivity contribution is 5.83. The fourth-order valence-electron chi connectivity index (χ4n) is 3.72. The highest BCUT2D eigenvalue weighted by Crippen LogP contribution is 2.26. The van der Waals surface area contributed by atoms with Crippen LogP contribution in [0.1, 0.15) is 55.7 Å². The molecule has 1 aliphatic carbocycles. The summed E-state index contributed by atoms with van der Waals surface area (Å²) in [6.45, 7) is 1.71. The number of benzene rings is 1. The maximum absolute atomic E-state index is 12.4. The van der Waals surface area contributed by atoms with Crippen LogP contribution in [-0.2, 0) is 11.2 Å². The Morgan fingerprint density at radius 1 is 1.19 bits per heavy atom. The molecule has 0 bridgehead atoms. The van der Waals surface area contributed by atoms with Crippen molar-refractivity contribution in [3.63, 3.8) is 0 Å². The first-order valence-corrected chi connectivity index (χ1v) is 8.43. The fraction of sp³-hybridized carbons (Fsp3) is 0.611. The highest BCUT2D eigenvalue weighted by Gasteiger charge is 2.25. The SMILES string of the molecule is O=C(NCCC1CCCCC1)C1NCCc2ccccc21. The number of hydrogen-bond acceptors (Lipinski definition) is 2.